The molecule has 0 aliphatic rings. The van der Waals surface area contributed by atoms with Gasteiger partial charge < -0.3 is 5.32 Å². The van der Waals surface area contributed by atoms with Gasteiger partial charge in [-0.1, -0.05) is 65.3 Å². The van der Waals surface area contributed by atoms with E-state index in [0.717, 1.165) is 19.4 Å². The van der Waals surface area contributed by atoms with E-state index in [1.54, 1.807) is 0 Å². The summed E-state index contributed by atoms with van der Waals surface area (Å²) in [5, 5.41) is 3.62. The predicted octanol–water partition coefficient (Wildman–Crippen LogP) is 5.04. The summed E-state index contributed by atoms with van der Waals surface area (Å²) in [6, 6.07) is 17.6. The molecule has 1 N–H and O–H groups in total. The summed E-state index contributed by atoms with van der Waals surface area (Å²) in [5.74, 6) is 0. The summed E-state index contributed by atoms with van der Waals surface area (Å²) in [5.41, 5.74) is 4.15. The number of rotatable bonds is 6. The molecule has 2 heteroatoms. The van der Waals surface area contributed by atoms with Crippen LogP contribution in [0.25, 0.3) is 0 Å². The Labute approximate surface area is 130 Å². The van der Waals surface area contributed by atoms with Crippen molar-refractivity contribution in [3.05, 3.63) is 69.7 Å². The molecule has 2 rings (SSSR count). The van der Waals surface area contributed by atoms with Crippen LogP contribution in [0.1, 0.15) is 36.1 Å². The third kappa shape index (κ3) is 3.94. The normalized spacial score (nSPS) is 12.3. The van der Waals surface area contributed by atoms with Crippen molar-refractivity contribution in [1.29, 1.82) is 0 Å². The van der Waals surface area contributed by atoms with E-state index in [1.165, 1.54) is 21.2 Å². The standard InChI is InChI=1S/C18H22BrN/c1-3-20-18(13-12-15-8-5-4-6-9-15)16-10-7-11-17(19)14(16)2/h4-11,18,20H,3,12-13H2,1-2H3. The topological polar surface area (TPSA) is 12.0 Å². The van der Waals surface area contributed by atoms with E-state index in [9.17, 15) is 0 Å². The van der Waals surface area contributed by atoms with Crippen molar-refractivity contribution in [3.63, 3.8) is 0 Å². The lowest BCUT2D eigenvalue weighted by molar-refractivity contribution is 0.513. The average Bonchev–Trinajstić information content (AvgIpc) is 2.48. The lowest BCUT2D eigenvalue weighted by Crippen LogP contribution is -2.22. The van der Waals surface area contributed by atoms with E-state index in [-0.39, 0.29) is 0 Å². The Hall–Kier alpha value is -1.12. The van der Waals surface area contributed by atoms with Gasteiger partial charge in [-0.25, -0.2) is 0 Å². The first-order chi connectivity index (χ1) is 9.72. The maximum atomic E-state index is 3.63. The van der Waals surface area contributed by atoms with Crippen LogP contribution in [0, 0.1) is 6.92 Å². The molecule has 0 amide bonds. The van der Waals surface area contributed by atoms with Crippen LogP contribution in [0.3, 0.4) is 0 Å². The molecular weight excluding hydrogens is 310 g/mol. The Morgan fingerprint density at radius 2 is 1.80 bits per heavy atom. The van der Waals surface area contributed by atoms with Crippen molar-refractivity contribution in [3.8, 4) is 0 Å². The lowest BCUT2D eigenvalue weighted by Gasteiger charge is -2.21. The van der Waals surface area contributed by atoms with Crippen LogP contribution in [-0.2, 0) is 6.42 Å². The summed E-state index contributed by atoms with van der Waals surface area (Å²) >= 11 is 3.63. The van der Waals surface area contributed by atoms with Gasteiger partial charge in [0, 0.05) is 10.5 Å². The molecule has 0 aromatic heterocycles. The zero-order valence-corrected chi connectivity index (χ0v) is 13.8. The van der Waals surface area contributed by atoms with Crippen molar-refractivity contribution in [2.45, 2.75) is 32.7 Å². The Morgan fingerprint density at radius 1 is 1.05 bits per heavy atom. The molecule has 0 bridgehead atoms. The van der Waals surface area contributed by atoms with Crippen LogP contribution in [0.4, 0.5) is 0 Å². The molecule has 0 radical (unpaired) electrons. The molecule has 106 valence electrons. The summed E-state index contributed by atoms with van der Waals surface area (Å²) in [7, 11) is 0. The number of hydrogen-bond acceptors (Lipinski definition) is 1. The molecule has 1 atom stereocenters. The Kier molecular flexibility index (Phi) is 5.81. The number of hydrogen-bond donors (Lipinski definition) is 1. The van der Waals surface area contributed by atoms with Gasteiger partial charge in [0.1, 0.15) is 0 Å². The monoisotopic (exact) mass is 331 g/mol. The highest BCUT2D eigenvalue weighted by atomic mass is 79.9. The maximum absolute atomic E-state index is 3.63. The fraction of sp³-hybridized carbons (Fsp3) is 0.333. The number of nitrogens with one attached hydrogen (secondary N) is 1. The van der Waals surface area contributed by atoms with Gasteiger partial charge in [-0.05, 0) is 49.1 Å². The molecule has 0 saturated carbocycles. The number of aryl methyl sites for hydroxylation is 1. The summed E-state index contributed by atoms with van der Waals surface area (Å²) in [4.78, 5) is 0. The van der Waals surface area contributed by atoms with E-state index in [4.69, 9.17) is 0 Å². The smallest absolute Gasteiger partial charge is 0.0326 e. The zero-order valence-electron chi connectivity index (χ0n) is 12.2. The second-order valence-electron chi connectivity index (χ2n) is 5.09. The van der Waals surface area contributed by atoms with Crippen LogP contribution in [-0.4, -0.2) is 6.54 Å². The molecule has 0 fully saturated rings. The van der Waals surface area contributed by atoms with Gasteiger partial charge in [0.2, 0.25) is 0 Å². The van der Waals surface area contributed by atoms with Crippen molar-refractivity contribution in [2.24, 2.45) is 0 Å². The van der Waals surface area contributed by atoms with Gasteiger partial charge in [0.15, 0.2) is 0 Å². The molecule has 0 heterocycles. The quantitative estimate of drug-likeness (QED) is 0.781. The Bertz CT molecular complexity index is 536. The Morgan fingerprint density at radius 3 is 2.50 bits per heavy atom. The fourth-order valence-electron chi connectivity index (χ4n) is 2.57. The van der Waals surface area contributed by atoms with E-state index in [2.05, 4.69) is 83.6 Å². The first kappa shape index (κ1) is 15.3. The number of benzene rings is 2. The third-order valence-corrected chi connectivity index (χ3v) is 4.56. The molecule has 1 nitrogen and oxygen atoms in total. The molecule has 2 aromatic rings. The Balaban J connectivity index is 2.12. The second kappa shape index (κ2) is 7.61. The maximum Gasteiger partial charge on any atom is 0.0326 e. The highest BCUT2D eigenvalue weighted by Crippen LogP contribution is 2.27. The summed E-state index contributed by atoms with van der Waals surface area (Å²) < 4.78 is 1.19. The third-order valence-electron chi connectivity index (χ3n) is 3.70. The van der Waals surface area contributed by atoms with Crippen molar-refractivity contribution >= 4 is 15.9 Å². The van der Waals surface area contributed by atoms with Crippen LogP contribution >= 0.6 is 15.9 Å². The summed E-state index contributed by atoms with van der Waals surface area (Å²) in [6.07, 6.45) is 2.22. The van der Waals surface area contributed by atoms with Gasteiger partial charge in [-0.2, -0.15) is 0 Å². The van der Waals surface area contributed by atoms with Crippen molar-refractivity contribution < 1.29 is 0 Å². The minimum absolute atomic E-state index is 0.415. The first-order valence-electron chi connectivity index (χ1n) is 7.24. The molecule has 0 aliphatic heterocycles. The van der Waals surface area contributed by atoms with Crippen LogP contribution < -0.4 is 5.32 Å². The van der Waals surface area contributed by atoms with Crippen LogP contribution in [0.5, 0.6) is 0 Å². The first-order valence-corrected chi connectivity index (χ1v) is 8.04. The van der Waals surface area contributed by atoms with E-state index in [0.29, 0.717) is 6.04 Å². The molecular formula is C18H22BrN. The van der Waals surface area contributed by atoms with Gasteiger partial charge in [-0.15, -0.1) is 0 Å². The lowest BCUT2D eigenvalue weighted by atomic mass is 9.95. The zero-order chi connectivity index (χ0) is 14.4. The molecule has 2 aromatic carbocycles. The van der Waals surface area contributed by atoms with E-state index >= 15 is 0 Å². The molecule has 0 saturated heterocycles. The highest BCUT2D eigenvalue weighted by Gasteiger charge is 2.13. The van der Waals surface area contributed by atoms with Crippen LogP contribution in [0.15, 0.2) is 53.0 Å². The molecule has 0 aliphatic carbocycles. The van der Waals surface area contributed by atoms with Gasteiger partial charge >= 0.3 is 0 Å². The predicted molar refractivity (Wildman–Crippen MR) is 90.1 cm³/mol. The average molecular weight is 332 g/mol. The fourth-order valence-corrected chi connectivity index (χ4v) is 2.95. The van der Waals surface area contributed by atoms with E-state index in [1.807, 2.05) is 0 Å². The minimum Gasteiger partial charge on any atom is -0.310 e. The number of halogens is 1. The second-order valence-corrected chi connectivity index (χ2v) is 5.94. The van der Waals surface area contributed by atoms with Crippen LogP contribution in [0.2, 0.25) is 0 Å². The highest BCUT2D eigenvalue weighted by molar-refractivity contribution is 9.10. The molecule has 20 heavy (non-hydrogen) atoms. The summed E-state index contributed by atoms with van der Waals surface area (Å²) in [6.45, 7) is 5.35. The van der Waals surface area contributed by atoms with Crippen molar-refractivity contribution in [1.82, 2.24) is 5.32 Å². The van der Waals surface area contributed by atoms with Gasteiger partial charge in [0.05, 0.1) is 0 Å². The van der Waals surface area contributed by atoms with Gasteiger partial charge in [-0.3, -0.25) is 0 Å². The SMILES string of the molecule is CCNC(CCc1ccccc1)c1cccc(Br)c1C. The molecule has 1 unspecified atom stereocenters. The molecule has 0 spiro atoms. The minimum atomic E-state index is 0.415. The van der Waals surface area contributed by atoms with Gasteiger partial charge in [0.25, 0.3) is 0 Å². The van der Waals surface area contributed by atoms with E-state index < -0.39 is 0 Å². The van der Waals surface area contributed by atoms with Crippen molar-refractivity contribution in [2.75, 3.05) is 6.54 Å². The largest absolute Gasteiger partial charge is 0.310 e.